The van der Waals surface area contributed by atoms with Gasteiger partial charge in [-0.1, -0.05) is 42.2 Å². The molecule has 2 aliphatic heterocycles. The molecule has 1 aromatic carbocycles. The van der Waals surface area contributed by atoms with Gasteiger partial charge in [-0.05, 0) is 48.7 Å². The number of nitrogens with two attached hydrogens (primary N) is 1. The Kier molecular flexibility index (Phi) is 6.98. The van der Waals surface area contributed by atoms with Gasteiger partial charge >= 0.3 is 0 Å². The summed E-state index contributed by atoms with van der Waals surface area (Å²) in [5.41, 5.74) is 6.94. The lowest BCUT2D eigenvalue weighted by atomic mass is 9.96. The highest BCUT2D eigenvalue weighted by molar-refractivity contribution is 8.26. The number of thioether (sulfide) groups is 1. The molecule has 0 atom stereocenters. The van der Waals surface area contributed by atoms with Crippen molar-refractivity contribution in [3.8, 4) is 5.75 Å². The Bertz CT molecular complexity index is 1480. The molecule has 3 aromatic rings. The van der Waals surface area contributed by atoms with Gasteiger partial charge in [0.1, 0.15) is 21.5 Å². The van der Waals surface area contributed by atoms with Gasteiger partial charge in [0.2, 0.25) is 5.91 Å². The molecule has 37 heavy (non-hydrogen) atoms. The van der Waals surface area contributed by atoms with Crippen LogP contribution in [0, 0.1) is 5.92 Å². The predicted molar refractivity (Wildman–Crippen MR) is 147 cm³/mol. The number of hydrogen-bond donors (Lipinski definition) is 1. The molecule has 0 unspecified atom stereocenters. The van der Waals surface area contributed by atoms with E-state index in [-0.39, 0.29) is 23.3 Å². The third-order valence-electron chi connectivity index (χ3n) is 6.59. The summed E-state index contributed by atoms with van der Waals surface area (Å²) in [7, 11) is 1.60. The third-order valence-corrected chi connectivity index (χ3v) is 7.97. The molecule has 0 aliphatic carbocycles. The first kappa shape index (κ1) is 25.0. The van der Waals surface area contributed by atoms with Gasteiger partial charge in [-0.3, -0.25) is 23.7 Å². The summed E-state index contributed by atoms with van der Waals surface area (Å²) in [5, 5.41) is 0. The molecule has 0 bridgehead atoms. The highest BCUT2D eigenvalue weighted by Gasteiger charge is 2.33. The van der Waals surface area contributed by atoms with Crippen molar-refractivity contribution in [1.29, 1.82) is 0 Å². The van der Waals surface area contributed by atoms with Crippen LogP contribution in [-0.2, 0) is 16.1 Å². The van der Waals surface area contributed by atoms with Gasteiger partial charge in [0.05, 0.1) is 24.1 Å². The zero-order chi connectivity index (χ0) is 26.1. The zero-order valence-corrected chi connectivity index (χ0v) is 21.8. The van der Waals surface area contributed by atoms with Crippen LogP contribution in [0.3, 0.4) is 0 Å². The Hall–Kier alpha value is -3.70. The van der Waals surface area contributed by atoms with Gasteiger partial charge in [-0.25, -0.2) is 4.98 Å². The van der Waals surface area contributed by atoms with E-state index in [4.69, 9.17) is 27.7 Å². The summed E-state index contributed by atoms with van der Waals surface area (Å²) in [6.07, 6.45) is 4.40. The molecule has 2 fully saturated rings. The van der Waals surface area contributed by atoms with Crippen LogP contribution < -0.4 is 20.9 Å². The van der Waals surface area contributed by atoms with E-state index >= 15 is 0 Å². The number of ether oxygens (including phenoxy) is 1. The lowest BCUT2D eigenvalue weighted by Gasteiger charge is -2.32. The first-order chi connectivity index (χ1) is 17.9. The molecule has 2 aromatic heterocycles. The second-order valence-electron chi connectivity index (χ2n) is 8.86. The second kappa shape index (κ2) is 10.3. The van der Waals surface area contributed by atoms with Crippen LogP contribution in [0.5, 0.6) is 5.75 Å². The van der Waals surface area contributed by atoms with E-state index in [1.54, 1.807) is 31.5 Å². The number of anilines is 1. The van der Waals surface area contributed by atoms with E-state index in [9.17, 15) is 14.4 Å². The van der Waals surface area contributed by atoms with E-state index in [0.717, 1.165) is 11.3 Å². The number of rotatable bonds is 6. The van der Waals surface area contributed by atoms with E-state index in [1.807, 2.05) is 35.2 Å². The smallest absolute Gasteiger partial charge is 0.267 e. The average Bonchev–Trinajstić information content (AvgIpc) is 3.18. The Labute approximate surface area is 222 Å². The molecule has 2 amide bonds. The Morgan fingerprint density at radius 1 is 1.19 bits per heavy atom. The molecular formula is C26H25N5O4S2. The van der Waals surface area contributed by atoms with Gasteiger partial charge in [0.25, 0.3) is 11.5 Å². The van der Waals surface area contributed by atoms with Crippen molar-refractivity contribution in [3.63, 3.8) is 0 Å². The number of carbonyl (C=O) groups is 2. The second-order valence-corrected chi connectivity index (χ2v) is 10.5. The molecule has 2 saturated heterocycles. The van der Waals surface area contributed by atoms with Crippen LogP contribution in [0.4, 0.5) is 5.82 Å². The standard InChI is InChI=1S/C26H25N5O4S2/c1-35-18-7-5-16(6-8-18)15-31-25(34)20(37-26(31)36)14-19-23(29-12-9-17(10-13-29)22(27)32)28-21-4-2-3-11-30(21)24(19)33/h2-8,11,14,17H,9-10,12-13,15H2,1H3,(H2,27,32). The minimum Gasteiger partial charge on any atom is -0.497 e. The molecule has 0 spiro atoms. The van der Waals surface area contributed by atoms with Gasteiger partial charge in [-0.2, -0.15) is 0 Å². The highest BCUT2D eigenvalue weighted by atomic mass is 32.2. The maximum atomic E-state index is 13.6. The first-order valence-corrected chi connectivity index (χ1v) is 13.0. The van der Waals surface area contributed by atoms with Crippen LogP contribution in [0.2, 0.25) is 0 Å². The topological polar surface area (TPSA) is 110 Å². The fourth-order valence-electron chi connectivity index (χ4n) is 4.52. The van der Waals surface area contributed by atoms with Gasteiger partial charge < -0.3 is 15.4 Å². The van der Waals surface area contributed by atoms with Gasteiger partial charge in [0, 0.05) is 25.2 Å². The maximum Gasteiger partial charge on any atom is 0.267 e. The number of fused-ring (bicyclic) bond motifs is 1. The minimum absolute atomic E-state index is 0.199. The molecule has 4 heterocycles. The van der Waals surface area contributed by atoms with Crippen molar-refractivity contribution < 1.29 is 14.3 Å². The SMILES string of the molecule is COc1ccc(CN2C(=O)C(=Cc3c(N4CCC(C(N)=O)CC4)nc4ccccn4c3=O)SC2=S)cc1. The monoisotopic (exact) mass is 535 g/mol. The normalized spacial score (nSPS) is 17.7. The first-order valence-electron chi connectivity index (χ1n) is 11.8. The van der Waals surface area contributed by atoms with E-state index in [2.05, 4.69) is 0 Å². The predicted octanol–water partition coefficient (Wildman–Crippen LogP) is 2.81. The van der Waals surface area contributed by atoms with Crippen molar-refractivity contribution in [2.45, 2.75) is 19.4 Å². The van der Waals surface area contributed by atoms with Crippen molar-refractivity contribution >= 4 is 57.7 Å². The number of pyridine rings is 1. The number of thiocarbonyl (C=S) groups is 1. The minimum atomic E-state index is -0.313. The lowest BCUT2D eigenvalue weighted by molar-refractivity contribution is -0.123. The fraction of sp³-hybridized carbons (Fsp3) is 0.269. The number of nitrogens with zero attached hydrogens (tertiary/aromatic N) is 4. The maximum absolute atomic E-state index is 13.6. The van der Waals surface area contributed by atoms with Crippen molar-refractivity contribution in [1.82, 2.24) is 14.3 Å². The number of benzene rings is 1. The van der Waals surface area contributed by atoms with Crippen LogP contribution in [0.15, 0.2) is 58.4 Å². The largest absolute Gasteiger partial charge is 0.497 e. The fourth-order valence-corrected chi connectivity index (χ4v) is 5.75. The highest BCUT2D eigenvalue weighted by Crippen LogP contribution is 2.35. The van der Waals surface area contributed by atoms with Crippen LogP contribution in [0.1, 0.15) is 24.0 Å². The van der Waals surface area contributed by atoms with E-state index in [1.165, 1.54) is 21.1 Å². The summed E-state index contributed by atoms with van der Waals surface area (Å²) in [4.78, 5) is 47.2. The zero-order valence-electron chi connectivity index (χ0n) is 20.1. The van der Waals surface area contributed by atoms with Gasteiger partial charge in [0.15, 0.2) is 0 Å². The van der Waals surface area contributed by atoms with E-state index < -0.39 is 0 Å². The number of carbonyl (C=O) groups excluding carboxylic acids is 2. The molecule has 2 aliphatic rings. The molecular weight excluding hydrogens is 510 g/mol. The summed E-state index contributed by atoms with van der Waals surface area (Å²) < 4.78 is 7.08. The van der Waals surface area contributed by atoms with Crippen LogP contribution >= 0.6 is 24.0 Å². The van der Waals surface area contributed by atoms with Crippen LogP contribution in [0.25, 0.3) is 11.7 Å². The quantitative estimate of drug-likeness (QED) is 0.379. The van der Waals surface area contributed by atoms with Crippen molar-refractivity contribution in [3.05, 3.63) is 75.0 Å². The molecule has 9 nitrogen and oxygen atoms in total. The number of methoxy groups -OCH3 is 1. The Balaban J connectivity index is 1.49. The summed E-state index contributed by atoms with van der Waals surface area (Å²) in [6, 6.07) is 12.8. The number of piperidine rings is 1. The van der Waals surface area contributed by atoms with E-state index in [0.29, 0.717) is 58.7 Å². The van der Waals surface area contributed by atoms with Gasteiger partial charge in [-0.15, -0.1) is 0 Å². The molecule has 0 saturated carbocycles. The lowest BCUT2D eigenvalue weighted by Crippen LogP contribution is -2.40. The number of aromatic nitrogens is 2. The Morgan fingerprint density at radius 3 is 2.59 bits per heavy atom. The van der Waals surface area contributed by atoms with Crippen molar-refractivity contribution in [2.24, 2.45) is 11.7 Å². The Morgan fingerprint density at radius 2 is 1.92 bits per heavy atom. The molecule has 190 valence electrons. The molecule has 0 radical (unpaired) electrons. The number of hydrogen-bond acceptors (Lipinski definition) is 8. The summed E-state index contributed by atoms with van der Waals surface area (Å²) >= 11 is 6.68. The molecule has 11 heteroatoms. The average molecular weight is 536 g/mol. The molecule has 2 N–H and O–H groups in total. The number of primary amides is 1. The van der Waals surface area contributed by atoms with Crippen LogP contribution in [-0.4, -0.2) is 50.6 Å². The molecule has 5 rings (SSSR count). The summed E-state index contributed by atoms with van der Waals surface area (Å²) in [6.45, 7) is 1.37. The third kappa shape index (κ3) is 4.96. The van der Waals surface area contributed by atoms with Crippen molar-refractivity contribution in [2.75, 3.05) is 25.1 Å². The summed E-state index contributed by atoms with van der Waals surface area (Å²) in [5.74, 6) is 0.439. The number of amides is 2.